The highest BCUT2D eigenvalue weighted by Crippen LogP contribution is 2.54. The quantitative estimate of drug-likeness (QED) is 0.525. The first-order valence-electron chi connectivity index (χ1n) is 8.46. The zero-order chi connectivity index (χ0) is 21.3. The van der Waals surface area contributed by atoms with Crippen LogP contribution in [0.4, 0.5) is 5.69 Å². The SMILES string of the molecule is COc1cc(NS(C)(=O)=O)c(-c2c(O)c(O)cc3ccccc23)c(OC)c1OC. The first-order chi connectivity index (χ1) is 13.7. The number of rotatable bonds is 6. The van der Waals surface area contributed by atoms with Gasteiger partial charge in [-0.3, -0.25) is 4.72 Å². The molecule has 29 heavy (non-hydrogen) atoms. The van der Waals surface area contributed by atoms with E-state index in [0.29, 0.717) is 10.8 Å². The first-order valence-corrected chi connectivity index (χ1v) is 10.4. The molecule has 0 aliphatic carbocycles. The predicted molar refractivity (Wildman–Crippen MR) is 111 cm³/mol. The highest BCUT2D eigenvalue weighted by molar-refractivity contribution is 7.92. The molecule has 0 bridgehead atoms. The summed E-state index contributed by atoms with van der Waals surface area (Å²) in [4.78, 5) is 0. The Kier molecular flexibility index (Phi) is 5.34. The van der Waals surface area contributed by atoms with Crippen LogP contribution in [0.15, 0.2) is 36.4 Å². The van der Waals surface area contributed by atoms with Crippen molar-refractivity contribution in [2.75, 3.05) is 32.3 Å². The van der Waals surface area contributed by atoms with Gasteiger partial charge in [0.2, 0.25) is 15.8 Å². The van der Waals surface area contributed by atoms with Gasteiger partial charge < -0.3 is 24.4 Å². The van der Waals surface area contributed by atoms with Crippen molar-refractivity contribution in [1.82, 2.24) is 0 Å². The molecule has 0 amide bonds. The van der Waals surface area contributed by atoms with Crippen molar-refractivity contribution in [3.05, 3.63) is 36.4 Å². The summed E-state index contributed by atoms with van der Waals surface area (Å²) in [6.45, 7) is 0. The monoisotopic (exact) mass is 419 g/mol. The third-order valence-electron chi connectivity index (χ3n) is 4.38. The number of phenols is 2. The second-order valence-electron chi connectivity index (χ2n) is 6.28. The van der Waals surface area contributed by atoms with Gasteiger partial charge in [-0.05, 0) is 16.8 Å². The number of anilines is 1. The van der Waals surface area contributed by atoms with Gasteiger partial charge >= 0.3 is 0 Å². The summed E-state index contributed by atoms with van der Waals surface area (Å²) >= 11 is 0. The van der Waals surface area contributed by atoms with Crippen LogP contribution in [0, 0.1) is 0 Å². The topological polar surface area (TPSA) is 114 Å². The first kappa shape index (κ1) is 20.4. The third kappa shape index (κ3) is 3.68. The summed E-state index contributed by atoms with van der Waals surface area (Å²) in [5, 5.41) is 22.2. The average molecular weight is 419 g/mol. The molecule has 0 aliphatic heterocycles. The summed E-state index contributed by atoms with van der Waals surface area (Å²) in [5.74, 6) is -0.227. The Hall–Kier alpha value is -3.33. The Balaban J connectivity index is 2.55. The molecule has 0 saturated carbocycles. The molecule has 3 rings (SSSR count). The van der Waals surface area contributed by atoms with Gasteiger partial charge in [-0.1, -0.05) is 24.3 Å². The molecule has 9 heteroatoms. The van der Waals surface area contributed by atoms with Crippen LogP contribution in [0.5, 0.6) is 28.7 Å². The largest absolute Gasteiger partial charge is 0.504 e. The van der Waals surface area contributed by atoms with E-state index >= 15 is 0 Å². The van der Waals surface area contributed by atoms with Gasteiger partial charge in [0.1, 0.15) is 0 Å². The molecule has 3 aromatic rings. The number of fused-ring (bicyclic) bond motifs is 1. The van der Waals surface area contributed by atoms with Crippen molar-refractivity contribution in [2.24, 2.45) is 0 Å². The average Bonchev–Trinajstić information content (AvgIpc) is 2.67. The fraction of sp³-hybridized carbons (Fsp3) is 0.200. The van der Waals surface area contributed by atoms with Crippen molar-refractivity contribution >= 4 is 26.5 Å². The number of ether oxygens (including phenoxy) is 3. The minimum absolute atomic E-state index is 0.0908. The van der Waals surface area contributed by atoms with E-state index in [-0.39, 0.29) is 39.8 Å². The van der Waals surface area contributed by atoms with Crippen molar-refractivity contribution < 1.29 is 32.8 Å². The van der Waals surface area contributed by atoms with Crippen LogP contribution in [0.3, 0.4) is 0 Å². The van der Waals surface area contributed by atoms with Crippen molar-refractivity contribution in [3.8, 4) is 39.9 Å². The summed E-state index contributed by atoms with van der Waals surface area (Å²) < 4.78 is 42.7. The maximum atomic E-state index is 12.0. The minimum atomic E-state index is -3.70. The Morgan fingerprint density at radius 3 is 2.14 bits per heavy atom. The molecular weight excluding hydrogens is 398 g/mol. The lowest BCUT2D eigenvalue weighted by molar-refractivity contribution is 0.325. The van der Waals surface area contributed by atoms with Gasteiger partial charge in [-0.2, -0.15) is 0 Å². The molecule has 0 aromatic heterocycles. The maximum absolute atomic E-state index is 12.0. The molecule has 3 aromatic carbocycles. The van der Waals surface area contributed by atoms with Gasteiger partial charge in [0.05, 0.1) is 38.8 Å². The molecule has 0 unspecified atom stereocenters. The standard InChI is InChI=1S/C20H21NO7S/c1-26-15-10-13(21-29(4,24)25)17(20(28-3)19(15)27-2)16-12-8-6-5-7-11(12)9-14(22)18(16)23/h5-10,21-23H,1-4H3. The van der Waals surface area contributed by atoms with Gasteiger partial charge in [0.15, 0.2) is 23.0 Å². The third-order valence-corrected chi connectivity index (χ3v) is 4.97. The second-order valence-corrected chi connectivity index (χ2v) is 8.03. The van der Waals surface area contributed by atoms with Gasteiger partial charge in [0.25, 0.3) is 0 Å². The highest BCUT2D eigenvalue weighted by atomic mass is 32.2. The van der Waals surface area contributed by atoms with E-state index in [9.17, 15) is 18.6 Å². The molecule has 8 nitrogen and oxygen atoms in total. The van der Waals surface area contributed by atoms with E-state index in [1.807, 2.05) is 0 Å². The van der Waals surface area contributed by atoms with Gasteiger partial charge in [-0.25, -0.2) is 8.42 Å². The Labute approximate surface area is 168 Å². The van der Waals surface area contributed by atoms with E-state index < -0.39 is 15.8 Å². The second kappa shape index (κ2) is 7.59. The van der Waals surface area contributed by atoms with Crippen molar-refractivity contribution in [3.63, 3.8) is 0 Å². The van der Waals surface area contributed by atoms with Crippen molar-refractivity contribution in [1.29, 1.82) is 0 Å². The highest BCUT2D eigenvalue weighted by Gasteiger charge is 2.27. The molecular formula is C20H21NO7S. The fourth-order valence-corrected chi connectivity index (χ4v) is 3.82. The van der Waals surface area contributed by atoms with Crippen LogP contribution in [-0.2, 0) is 10.0 Å². The summed E-state index contributed by atoms with van der Waals surface area (Å²) in [6, 6.07) is 9.89. The van der Waals surface area contributed by atoms with Gasteiger partial charge in [-0.15, -0.1) is 0 Å². The van der Waals surface area contributed by atoms with Crippen LogP contribution >= 0.6 is 0 Å². The number of sulfonamides is 1. The van der Waals surface area contributed by atoms with E-state index in [2.05, 4.69) is 4.72 Å². The van der Waals surface area contributed by atoms with Crippen LogP contribution in [0.1, 0.15) is 0 Å². The van der Waals surface area contributed by atoms with Crippen LogP contribution < -0.4 is 18.9 Å². The van der Waals surface area contributed by atoms with E-state index in [1.165, 1.54) is 33.5 Å². The molecule has 3 N–H and O–H groups in total. The Morgan fingerprint density at radius 2 is 1.55 bits per heavy atom. The molecule has 0 heterocycles. The summed E-state index contributed by atoms with van der Waals surface area (Å²) in [5.41, 5.74) is 0.470. The van der Waals surface area contributed by atoms with Crippen LogP contribution in [-0.4, -0.2) is 46.2 Å². The number of aromatic hydroxyl groups is 2. The number of hydrogen-bond donors (Lipinski definition) is 3. The number of benzene rings is 3. The smallest absolute Gasteiger partial charge is 0.229 e. The van der Waals surface area contributed by atoms with E-state index in [4.69, 9.17) is 14.2 Å². The lowest BCUT2D eigenvalue weighted by Gasteiger charge is -2.22. The Bertz CT molecular complexity index is 1190. The number of hydrogen-bond acceptors (Lipinski definition) is 7. The van der Waals surface area contributed by atoms with Crippen LogP contribution in [0.2, 0.25) is 0 Å². The zero-order valence-corrected chi connectivity index (χ0v) is 17.1. The number of nitrogens with one attached hydrogen (secondary N) is 1. The number of methoxy groups -OCH3 is 3. The normalized spacial score (nSPS) is 11.3. The van der Waals surface area contributed by atoms with E-state index in [1.54, 1.807) is 24.3 Å². The zero-order valence-electron chi connectivity index (χ0n) is 16.3. The molecule has 0 spiro atoms. The Morgan fingerprint density at radius 1 is 0.897 bits per heavy atom. The van der Waals surface area contributed by atoms with Crippen LogP contribution in [0.25, 0.3) is 21.9 Å². The lowest BCUT2D eigenvalue weighted by atomic mass is 9.94. The lowest BCUT2D eigenvalue weighted by Crippen LogP contribution is -2.12. The van der Waals surface area contributed by atoms with Gasteiger partial charge in [0, 0.05) is 11.6 Å². The number of phenolic OH excluding ortho intramolecular Hbond substituents is 2. The fourth-order valence-electron chi connectivity index (χ4n) is 3.26. The summed E-state index contributed by atoms with van der Waals surface area (Å²) in [6.07, 6.45) is 1.00. The molecule has 0 radical (unpaired) electrons. The minimum Gasteiger partial charge on any atom is -0.504 e. The molecule has 154 valence electrons. The summed E-state index contributed by atoms with van der Waals surface area (Å²) in [7, 11) is 0.499. The van der Waals surface area contributed by atoms with Crippen molar-refractivity contribution in [2.45, 2.75) is 0 Å². The molecule has 0 saturated heterocycles. The van der Waals surface area contributed by atoms with E-state index in [0.717, 1.165) is 6.26 Å². The maximum Gasteiger partial charge on any atom is 0.229 e. The molecule has 0 atom stereocenters. The molecule has 0 aliphatic rings. The molecule has 0 fully saturated rings. The predicted octanol–water partition coefficient (Wildman–Crippen LogP) is 3.32.